The summed E-state index contributed by atoms with van der Waals surface area (Å²) in [5.74, 6) is 0. The molecule has 2 N–H and O–H groups in total. The highest BCUT2D eigenvalue weighted by atomic mass is 16.2. The first-order valence-electron chi connectivity index (χ1n) is 8.03. The van der Waals surface area contributed by atoms with Crippen LogP contribution < -0.4 is 10.6 Å². The molecule has 1 atom stereocenters. The maximum absolute atomic E-state index is 12.4. The summed E-state index contributed by atoms with van der Waals surface area (Å²) < 4.78 is 0. The van der Waals surface area contributed by atoms with Crippen LogP contribution in [0.3, 0.4) is 0 Å². The van der Waals surface area contributed by atoms with E-state index >= 15 is 0 Å². The molecular weight excluding hydrogens is 296 g/mol. The van der Waals surface area contributed by atoms with E-state index in [1.54, 1.807) is 0 Å². The molecule has 3 nitrogen and oxygen atoms in total. The maximum atomic E-state index is 12.4. The molecule has 0 aliphatic rings. The summed E-state index contributed by atoms with van der Waals surface area (Å²) in [4.78, 5) is 12.4. The van der Waals surface area contributed by atoms with Gasteiger partial charge in [-0.2, -0.15) is 0 Å². The zero-order chi connectivity index (χ0) is 16.6. The normalized spacial score (nSPS) is 11.5. The van der Waals surface area contributed by atoms with Gasteiger partial charge < -0.3 is 10.6 Å². The van der Waals surface area contributed by atoms with Gasteiger partial charge in [0.05, 0.1) is 6.04 Å². The van der Waals surface area contributed by atoms with E-state index in [4.69, 9.17) is 0 Å². The summed E-state index contributed by atoms with van der Waals surface area (Å²) in [5, 5.41) is 5.96. The van der Waals surface area contributed by atoms with Crippen LogP contribution in [0.4, 0.5) is 10.5 Å². The molecule has 3 aromatic carbocycles. The Labute approximate surface area is 142 Å². The number of para-hydroxylation sites is 1. The quantitative estimate of drug-likeness (QED) is 0.698. The number of rotatable bonds is 5. The number of benzene rings is 3. The minimum Gasteiger partial charge on any atom is -0.331 e. The number of carbonyl (C=O) groups is 1. The van der Waals surface area contributed by atoms with Crippen molar-refractivity contribution in [2.45, 2.75) is 12.5 Å². The average Bonchev–Trinajstić information content (AvgIpc) is 2.63. The van der Waals surface area contributed by atoms with Gasteiger partial charge in [-0.1, -0.05) is 78.9 Å². The predicted octanol–water partition coefficient (Wildman–Crippen LogP) is 4.79. The zero-order valence-electron chi connectivity index (χ0n) is 13.4. The molecule has 0 heterocycles. The molecule has 0 spiro atoms. The number of carbonyl (C=O) groups excluding carboxylic acids is 1. The Hall–Kier alpha value is -3.07. The Kier molecular flexibility index (Phi) is 5.25. The van der Waals surface area contributed by atoms with Crippen LogP contribution in [-0.2, 0) is 6.42 Å². The van der Waals surface area contributed by atoms with Crippen LogP contribution in [0.25, 0.3) is 0 Å². The lowest BCUT2D eigenvalue weighted by molar-refractivity contribution is 0.248. The first-order valence-corrected chi connectivity index (χ1v) is 8.03. The van der Waals surface area contributed by atoms with Crippen LogP contribution in [0.15, 0.2) is 91.0 Å². The number of urea groups is 1. The second-order valence-corrected chi connectivity index (χ2v) is 5.62. The highest BCUT2D eigenvalue weighted by Gasteiger charge is 2.15. The summed E-state index contributed by atoms with van der Waals surface area (Å²) in [6.45, 7) is 0. The Balaban J connectivity index is 1.73. The molecule has 0 unspecified atom stereocenters. The summed E-state index contributed by atoms with van der Waals surface area (Å²) in [6, 6.07) is 29.4. The van der Waals surface area contributed by atoms with Crippen molar-refractivity contribution in [2.24, 2.45) is 0 Å². The fraction of sp³-hybridized carbons (Fsp3) is 0.0952. The number of hydrogen-bond donors (Lipinski definition) is 2. The first-order chi connectivity index (χ1) is 11.8. The van der Waals surface area contributed by atoms with Crippen molar-refractivity contribution in [3.05, 3.63) is 102 Å². The Morgan fingerprint density at radius 2 is 1.29 bits per heavy atom. The van der Waals surface area contributed by atoms with Crippen LogP contribution in [0, 0.1) is 0 Å². The van der Waals surface area contributed by atoms with Gasteiger partial charge in [0.1, 0.15) is 0 Å². The fourth-order valence-electron chi connectivity index (χ4n) is 2.63. The third-order valence-electron chi connectivity index (χ3n) is 3.82. The number of amides is 2. The molecule has 120 valence electrons. The van der Waals surface area contributed by atoms with Crippen molar-refractivity contribution in [1.82, 2.24) is 5.32 Å². The maximum Gasteiger partial charge on any atom is 0.319 e. The zero-order valence-corrected chi connectivity index (χ0v) is 13.4. The molecule has 0 saturated carbocycles. The first kappa shape index (κ1) is 15.8. The van der Waals surface area contributed by atoms with Gasteiger partial charge in [-0.05, 0) is 29.7 Å². The van der Waals surface area contributed by atoms with Crippen molar-refractivity contribution < 1.29 is 4.79 Å². The molecule has 3 aromatic rings. The van der Waals surface area contributed by atoms with Crippen LogP contribution in [0.1, 0.15) is 17.2 Å². The highest BCUT2D eigenvalue weighted by Crippen LogP contribution is 2.18. The minimum absolute atomic E-state index is 0.0858. The van der Waals surface area contributed by atoms with Crippen molar-refractivity contribution in [3.8, 4) is 0 Å². The summed E-state index contributed by atoms with van der Waals surface area (Å²) in [6.07, 6.45) is 0.743. The van der Waals surface area contributed by atoms with Gasteiger partial charge in [-0.3, -0.25) is 0 Å². The molecule has 0 radical (unpaired) electrons. The third kappa shape index (κ3) is 4.46. The largest absolute Gasteiger partial charge is 0.331 e. The van der Waals surface area contributed by atoms with Crippen LogP contribution in [0.5, 0.6) is 0 Å². The van der Waals surface area contributed by atoms with E-state index < -0.39 is 0 Å². The number of hydrogen-bond acceptors (Lipinski definition) is 1. The molecule has 0 aromatic heterocycles. The lowest BCUT2D eigenvalue weighted by Gasteiger charge is -2.20. The molecule has 0 saturated heterocycles. The molecule has 0 aliphatic carbocycles. The lowest BCUT2D eigenvalue weighted by Crippen LogP contribution is -2.33. The SMILES string of the molecule is O=C(Nc1ccccc1)N[C@H](Cc1ccccc1)c1ccccc1. The molecule has 0 bridgehead atoms. The summed E-state index contributed by atoms with van der Waals surface area (Å²) >= 11 is 0. The second kappa shape index (κ2) is 7.97. The highest BCUT2D eigenvalue weighted by molar-refractivity contribution is 5.89. The van der Waals surface area contributed by atoms with E-state index in [0.717, 1.165) is 17.7 Å². The van der Waals surface area contributed by atoms with Crippen molar-refractivity contribution >= 4 is 11.7 Å². The Bertz CT molecular complexity index is 758. The van der Waals surface area contributed by atoms with E-state index in [-0.39, 0.29) is 12.1 Å². The van der Waals surface area contributed by atoms with Gasteiger partial charge >= 0.3 is 6.03 Å². The van der Waals surface area contributed by atoms with Crippen molar-refractivity contribution in [2.75, 3.05) is 5.32 Å². The van der Waals surface area contributed by atoms with Gasteiger partial charge in [0, 0.05) is 5.69 Å². The molecule has 0 fully saturated rings. The molecule has 2 amide bonds. The Morgan fingerprint density at radius 3 is 1.92 bits per heavy atom. The Morgan fingerprint density at radius 1 is 0.750 bits per heavy atom. The second-order valence-electron chi connectivity index (χ2n) is 5.62. The van der Waals surface area contributed by atoms with Gasteiger partial charge in [0.2, 0.25) is 0 Å². The van der Waals surface area contributed by atoms with E-state index in [1.165, 1.54) is 5.56 Å². The van der Waals surface area contributed by atoms with Gasteiger partial charge in [-0.15, -0.1) is 0 Å². The standard InChI is InChI=1S/C21H20N2O/c24-21(22-19-14-8-3-9-15-19)23-20(18-12-6-2-7-13-18)16-17-10-4-1-5-11-17/h1-15,20H,16H2,(H2,22,23,24)/t20-/m1/s1. The number of anilines is 1. The van der Waals surface area contributed by atoms with E-state index in [0.29, 0.717) is 0 Å². The fourth-order valence-corrected chi connectivity index (χ4v) is 2.63. The molecule has 24 heavy (non-hydrogen) atoms. The minimum atomic E-state index is -0.203. The molecule has 0 aliphatic heterocycles. The van der Waals surface area contributed by atoms with Crippen LogP contribution in [0.2, 0.25) is 0 Å². The summed E-state index contributed by atoms with van der Waals surface area (Å²) in [5.41, 5.74) is 3.05. The van der Waals surface area contributed by atoms with Crippen molar-refractivity contribution in [3.63, 3.8) is 0 Å². The van der Waals surface area contributed by atoms with E-state index in [1.807, 2.05) is 78.9 Å². The van der Waals surface area contributed by atoms with E-state index in [9.17, 15) is 4.79 Å². The number of nitrogens with one attached hydrogen (secondary N) is 2. The molecule has 3 heteroatoms. The summed E-state index contributed by atoms with van der Waals surface area (Å²) in [7, 11) is 0. The van der Waals surface area contributed by atoms with Crippen molar-refractivity contribution in [1.29, 1.82) is 0 Å². The average molecular weight is 316 g/mol. The smallest absolute Gasteiger partial charge is 0.319 e. The van der Waals surface area contributed by atoms with Gasteiger partial charge in [0.15, 0.2) is 0 Å². The predicted molar refractivity (Wildman–Crippen MR) is 97.9 cm³/mol. The van der Waals surface area contributed by atoms with Crippen LogP contribution in [-0.4, -0.2) is 6.03 Å². The third-order valence-corrected chi connectivity index (χ3v) is 3.82. The van der Waals surface area contributed by atoms with E-state index in [2.05, 4.69) is 22.8 Å². The molecule has 3 rings (SSSR count). The topological polar surface area (TPSA) is 41.1 Å². The van der Waals surface area contributed by atoms with Gasteiger partial charge in [-0.25, -0.2) is 4.79 Å². The van der Waals surface area contributed by atoms with Crippen LogP contribution >= 0.6 is 0 Å². The van der Waals surface area contributed by atoms with Gasteiger partial charge in [0.25, 0.3) is 0 Å². The molecular formula is C21H20N2O. The monoisotopic (exact) mass is 316 g/mol. The lowest BCUT2D eigenvalue weighted by atomic mass is 9.99.